The summed E-state index contributed by atoms with van der Waals surface area (Å²) in [6.45, 7) is 5.46. The van der Waals surface area contributed by atoms with Crippen LogP contribution in [-0.2, 0) is 16.1 Å². The largest absolute Gasteiger partial charge is 0.507 e. The molecule has 1 aliphatic heterocycles. The molecule has 4 rings (SSSR count). The van der Waals surface area contributed by atoms with Crippen molar-refractivity contribution in [2.75, 3.05) is 20.3 Å². The van der Waals surface area contributed by atoms with Crippen molar-refractivity contribution in [1.82, 2.24) is 14.5 Å². The van der Waals surface area contributed by atoms with Crippen LogP contribution in [0.15, 0.2) is 66.8 Å². The van der Waals surface area contributed by atoms with Crippen LogP contribution in [0, 0.1) is 6.92 Å². The van der Waals surface area contributed by atoms with Gasteiger partial charge in [0.2, 0.25) is 0 Å². The number of likely N-dealkylation sites (tertiary alicyclic amines) is 1. The number of imidazole rings is 1. The third kappa shape index (κ3) is 5.12. The molecular formula is C28H31N3O5. The smallest absolute Gasteiger partial charge is 0.295 e. The van der Waals surface area contributed by atoms with Crippen LogP contribution in [0.25, 0.3) is 5.76 Å². The molecule has 3 aromatic rings. The molecule has 1 aliphatic rings. The molecule has 1 N–H and O–H groups in total. The molecule has 0 bridgehead atoms. The van der Waals surface area contributed by atoms with Crippen molar-refractivity contribution >= 4 is 17.4 Å². The van der Waals surface area contributed by atoms with E-state index in [2.05, 4.69) is 4.98 Å². The van der Waals surface area contributed by atoms with Crippen LogP contribution >= 0.6 is 0 Å². The third-order valence-electron chi connectivity index (χ3n) is 6.20. The molecule has 8 nitrogen and oxygen atoms in total. The Balaban J connectivity index is 1.75. The second kappa shape index (κ2) is 11.1. The molecule has 8 heteroatoms. The lowest BCUT2D eigenvalue weighted by molar-refractivity contribution is -0.139. The summed E-state index contributed by atoms with van der Waals surface area (Å²) in [5, 5.41) is 11.2. The summed E-state index contributed by atoms with van der Waals surface area (Å²) in [4.78, 5) is 32.0. The number of nitrogens with zero attached hydrogens (tertiary/aromatic N) is 3. The molecule has 0 spiro atoms. The van der Waals surface area contributed by atoms with E-state index in [4.69, 9.17) is 9.47 Å². The summed E-state index contributed by atoms with van der Waals surface area (Å²) < 4.78 is 13.3. The highest BCUT2D eigenvalue weighted by Gasteiger charge is 2.46. The van der Waals surface area contributed by atoms with Gasteiger partial charge in [-0.2, -0.15) is 0 Å². The molecule has 1 atom stereocenters. The predicted molar refractivity (Wildman–Crippen MR) is 136 cm³/mol. The second-order valence-corrected chi connectivity index (χ2v) is 8.77. The van der Waals surface area contributed by atoms with Crippen LogP contribution in [0.1, 0.15) is 42.5 Å². The number of carbonyl (C=O) groups excluding carboxylic acids is 2. The topological polar surface area (TPSA) is 93.9 Å². The Hall–Kier alpha value is -4.07. The SMILES string of the molecule is CCCOc1ccc([C@H]2C(=C(O)c3ccc(C)cc3)C(=O)C(=O)N2CCCn2ccnc2)cc1OC. The molecule has 1 fully saturated rings. The zero-order valence-electron chi connectivity index (χ0n) is 20.8. The summed E-state index contributed by atoms with van der Waals surface area (Å²) in [6, 6.07) is 11.8. The molecule has 1 saturated heterocycles. The Bertz CT molecular complexity index is 1250. The summed E-state index contributed by atoms with van der Waals surface area (Å²) in [6.07, 6.45) is 6.71. The van der Waals surface area contributed by atoms with Gasteiger partial charge in [-0.3, -0.25) is 9.59 Å². The average Bonchev–Trinajstić information content (AvgIpc) is 3.49. The number of aromatic nitrogens is 2. The first-order valence-electron chi connectivity index (χ1n) is 12.1. The summed E-state index contributed by atoms with van der Waals surface area (Å²) >= 11 is 0. The van der Waals surface area contributed by atoms with E-state index in [9.17, 15) is 14.7 Å². The highest BCUT2D eigenvalue weighted by atomic mass is 16.5. The van der Waals surface area contributed by atoms with Crippen LogP contribution in [0.3, 0.4) is 0 Å². The number of hydrogen-bond acceptors (Lipinski definition) is 6. The monoisotopic (exact) mass is 489 g/mol. The van der Waals surface area contributed by atoms with Gasteiger partial charge in [0, 0.05) is 31.0 Å². The van der Waals surface area contributed by atoms with E-state index in [1.54, 1.807) is 43.9 Å². The number of ether oxygens (including phenoxy) is 2. The minimum Gasteiger partial charge on any atom is -0.507 e. The standard InChI is InChI=1S/C28H31N3O5/c1-4-16-36-22-11-10-21(17-23(22)35-3)25-24(26(32)20-8-6-19(2)7-9-20)27(33)28(34)31(25)14-5-13-30-15-12-29-18-30/h6-12,15,17-18,25,32H,4-5,13-14,16H2,1-3H3/t25-/m0/s1. The van der Waals surface area contributed by atoms with Crippen LogP contribution < -0.4 is 9.47 Å². The number of methoxy groups -OCH3 is 1. The first-order valence-corrected chi connectivity index (χ1v) is 12.1. The quantitative estimate of drug-likeness (QED) is 0.256. The summed E-state index contributed by atoms with van der Waals surface area (Å²) in [5.41, 5.74) is 2.23. The number of amides is 1. The fourth-order valence-corrected chi connectivity index (χ4v) is 4.35. The maximum atomic E-state index is 13.3. The fraction of sp³-hybridized carbons (Fsp3) is 0.321. The highest BCUT2D eigenvalue weighted by molar-refractivity contribution is 6.46. The van der Waals surface area contributed by atoms with Gasteiger partial charge in [-0.1, -0.05) is 42.8 Å². The normalized spacial score (nSPS) is 17.0. The third-order valence-corrected chi connectivity index (χ3v) is 6.20. The number of aryl methyl sites for hydroxylation is 2. The highest BCUT2D eigenvalue weighted by Crippen LogP contribution is 2.42. The molecule has 36 heavy (non-hydrogen) atoms. The number of benzene rings is 2. The molecule has 2 heterocycles. The van der Waals surface area contributed by atoms with E-state index in [-0.39, 0.29) is 11.3 Å². The lowest BCUT2D eigenvalue weighted by atomic mass is 9.94. The minimum atomic E-state index is -0.761. The van der Waals surface area contributed by atoms with Gasteiger partial charge in [-0.05, 0) is 37.5 Å². The van der Waals surface area contributed by atoms with Crippen molar-refractivity contribution in [1.29, 1.82) is 0 Å². The van der Waals surface area contributed by atoms with Crippen molar-refractivity contribution in [2.24, 2.45) is 0 Å². The van der Waals surface area contributed by atoms with E-state index < -0.39 is 17.7 Å². The molecule has 1 amide bonds. The van der Waals surface area contributed by atoms with Gasteiger partial charge in [0.25, 0.3) is 11.7 Å². The average molecular weight is 490 g/mol. The van der Waals surface area contributed by atoms with Crippen LogP contribution in [0.4, 0.5) is 0 Å². The Labute approximate surface area is 210 Å². The van der Waals surface area contributed by atoms with E-state index >= 15 is 0 Å². The number of carbonyl (C=O) groups is 2. The Morgan fingerprint density at radius 1 is 1.08 bits per heavy atom. The number of aliphatic hydroxyl groups excluding tert-OH is 1. The van der Waals surface area contributed by atoms with Crippen molar-refractivity contribution in [3.05, 3.63) is 83.4 Å². The van der Waals surface area contributed by atoms with Crippen molar-refractivity contribution < 1.29 is 24.2 Å². The van der Waals surface area contributed by atoms with Gasteiger partial charge in [0.05, 0.1) is 31.7 Å². The zero-order chi connectivity index (χ0) is 25.7. The number of hydrogen-bond donors (Lipinski definition) is 1. The second-order valence-electron chi connectivity index (χ2n) is 8.77. The maximum absolute atomic E-state index is 13.3. The van der Waals surface area contributed by atoms with Gasteiger partial charge in [0.1, 0.15) is 5.76 Å². The Morgan fingerprint density at radius 3 is 2.53 bits per heavy atom. The summed E-state index contributed by atoms with van der Waals surface area (Å²) in [5.74, 6) is -0.449. The van der Waals surface area contributed by atoms with Crippen LogP contribution in [0.2, 0.25) is 0 Å². The molecule has 188 valence electrons. The lowest BCUT2D eigenvalue weighted by Crippen LogP contribution is -2.31. The van der Waals surface area contributed by atoms with Gasteiger partial charge in [-0.25, -0.2) is 4.98 Å². The van der Waals surface area contributed by atoms with Crippen molar-refractivity contribution in [2.45, 2.75) is 39.3 Å². The predicted octanol–water partition coefficient (Wildman–Crippen LogP) is 4.50. The summed E-state index contributed by atoms with van der Waals surface area (Å²) in [7, 11) is 1.55. The Morgan fingerprint density at radius 2 is 1.86 bits per heavy atom. The molecule has 1 aromatic heterocycles. The van der Waals surface area contributed by atoms with Gasteiger partial charge >= 0.3 is 0 Å². The van der Waals surface area contributed by atoms with Gasteiger partial charge < -0.3 is 24.0 Å². The van der Waals surface area contributed by atoms with Crippen molar-refractivity contribution in [3.63, 3.8) is 0 Å². The first kappa shape index (κ1) is 25.0. The van der Waals surface area contributed by atoms with Crippen LogP contribution in [-0.4, -0.2) is 51.5 Å². The lowest BCUT2D eigenvalue weighted by Gasteiger charge is -2.26. The molecular weight excluding hydrogens is 458 g/mol. The van der Waals surface area contributed by atoms with E-state index in [1.165, 1.54) is 4.90 Å². The molecule has 0 unspecified atom stereocenters. The number of Topliss-reactive ketones (excluding diaryl/α,β-unsaturated/α-hetero) is 1. The van der Waals surface area contributed by atoms with Gasteiger partial charge in [-0.15, -0.1) is 0 Å². The number of rotatable bonds is 10. The first-order chi connectivity index (χ1) is 17.4. The Kier molecular flexibility index (Phi) is 7.73. The molecule has 2 aromatic carbocycles. The zero-order valence-corrected chi connectivity index (χ0v) is 20.8. The van der Waals surface area contributed by atoms with E-state index in [0.717, 1.165) is 12.0 Å². The van der Waals surface area contributed by atoms with Crippen molar-refractivity contribution in [3.8, 4) is 11.5 Å². The maximum Gasteiger partial charge on any atom is 0.295 e. The van der Waals surface area contributed by atoms with Crippen LogP contribution in [0.5, 0.6) is 11.5 Å². The minimum absolute atomic E-state index is 0.0655. The number of aliphatic hydroxyl groups is 1. The van der Waals surface area contributed by atoms with E-state index in [1.807, 2.05) is 42.8 Å². The molecule has 0 aliphatic carbocycles. The molecule has 0 saturated carbocycles. The fourth-order valence-electron chi connectivity index (χ4n) is 4.35. The molecule has 0 radical (unpaired) electrons. The van der Waals surface area contributed by atoms with E-state index in [0.29, 0.717) is 48.7 Å². The van der Waals surface area contributed by atoms with Gasteiger partial charge in [0.15, 0.2) is 11.5 Å². The number of ketones is 1.